The summed E-state index contributed by atoms with van der Waals surface area (Å²) in [6, 6.07) is 0. The normalized spacial score (nSPS) is 24.7. The van der Waals surface area contributed by atoms with Crippen LogP contribution in [0, 0.1) is 11.3 Å². The standard InChI is InChI=1S/C13H23NO4/c14-10-13(3-7-17-8-4-13)12(15)18-9-11-1-5-16-6-2-11/h11H,1-10,14H2. The topological polar surface area (TPSA) is 70.8 Å². The number of esters is 1. The second kappa shape index (κ2) is 6.50. The SMILES string of the molecule is NCC1(C(=O)OCC2CCOCC2)CCOCC1. The molecule has 18 heavy (non-hydrogen) atoms. The van der Waals surface area contributed by atoms with E-state index < -0.39 is 5.41 Å². The first-order valence-electron chi connectivity index (χ1n) is 6.80. The third-order valence-electron chi connectivity index (χ3n) is 4.06. The molecule has 5 nitrogen and oxygen atoms in total. The van der Waals surface area contributed by atoms with Crippen LogP contribution in [0.5, 0.6) is 0 Å². The molecule has 0 aliphatic carbocycles. The summed E-state index contributed by atoms with van der Waals surface area (Å²) in [6.07, 6.45) is 3.31. The number of rotatable bonds is 4. The van der Waals surface area contributed by atoms with Gasteiger partial charge in [-0.3, -0.25) is 4.79 Å². The fraction of sp³-hybridized carbons (Fsp3) is 0.923. The van der Waals surface area contributed by atoms with Crippen molar-refractivity contribution >= 4 is 5.97 Å². The minimum atomic E-state index is -0.510. The molecule has 0 spiro atoms. The van der Waals surface area contributed by atoms with Crippen LogP contribution in [-0.4, -0.2) is 45.5 Å². The summed E-state index contributed by atoms with van der Waals surface area (Å²) >= 11 is 0. The van der Waals surface area contributed by atoms with Crippen molar-refractivity contribution in [2.24, 2.45) is 17.1 Å². The Morgan fingerprint density at radius 2 is 1.78 bits per heavy atom. The molecular weight excluding hydrogens is 234 g/mol. The maximum absolute atomic E-state index is 12.2. The summed E-state index contributed by atoms with van der Waals surface area (Å²) in [5.41, 5.74) is 5.26. The van der Waals surface area contributed by atoms with Gasteiger partial charge in [-0.15, -0.1) is 0 Å². The zero-order valence-electron chi connectivity index (χ0n) is 10.9. The first-order valence-corrected chi connectivity index (χ1v) is 6.80. The van der Waals surface area contributed by atoms with Crippen molar-refractivity contribution in [3.05, 3.63) is 0 Å². The molecule has 2 aliphatic heterocycles. The van der Waals surface area contributed by atoms with Gasteiger partial charge in [-0.2, -0.15) is 0 Å². The van der Waals surface area contributed by atoms with Gasteiger partial charge in [0.25, 0.3) is 0 Å². The van der Waals surface area contributed by atoms with Crippen molar-refractivity contribution < 1.29 is 19.0 Å². The molecular formula is C13H23NO4. The lowest BCUT2D eigenvalue weighted by Gasteiger charge is -2.34. The smallest absolute Gasteiger partial charge is 0.313 e. The molecule has 0 saturated carbocycles. The van der Waals surface area contributed by atoms with Gasteiger partial charge in [-0.05, 0) is 31.6 Å². The Morgan fingerprint density at radius 3 is 2.39 bits per heavy atom. The lowest BCUT2D eigenvalue weighted by Crippen LogP contribution is -2.44. The third kappa shape index (κ3) is 3.22. The minimum Gasteiger partial charge on any atom is -0.465 e. The lowest BCUT2D eigenvalue weighted by atomic mass is 9.80. The molecule has 0 atom stereocenters. The van der Waals surface area contributed by atoms with Crippen LogP contribution in [0.25, 0.3) is 0 Å². The minimum absolute atomic E-state index is 0.139. The average molecular weight is 257 g/mol. The Balaban J connectivity index is 1.81. The van der Waals surface area contributed by atoms with Crippen molar-refractivity contribution in [3.63, 3.8) is 0 Å². The maximum atomic E-state index is 12.2. The highest BCUT2D eigenvalue weighted by molar-refractivity contribution is 5.77. The fourth-order valence-corrected chi connectivity index (χ4v) is 2.51. The zero-order valence-corrected chi connectivity index (χ0v) is 10.9. The van der Waals surface area contributed by atoms with E-state index in [0.717, 1.165) is 26.1 Å². The van der Waals surface area contributed by atoms with Crippen molar-refractivity contribution in [2.45, 2.75) is 25.7 Å². The number of carbonyl (C=O) groups excluding carboxylic acids is 1. The predicted molar refractivity (Wildman–Crippen MR) is 66.0 cm³/mol. The molecule has 0 radical (unpaired) electrons. The van der Waals surface area contributed by atoms with Crippen molar-refractivity contribution in [2.75, 3.05) is 39.6 Å². The number of nitrogens with two attached hydrogens (primary N) is 1. The Morgan fingerprint density at radius 1 is 1.17 bits per heavy atom. The first-order chi connectivity index (χ1) is 8.77. The van der Waals surface area contributed by atoms with Crippen molar-refractivity contribution in [1.29, 1.82) is 0 Å². The highest BCUT2D eigenvalue weighted by Crippen LogP contribution is 2.31. The van der Waals surface area contributed by atoms with Crippen LogP contribution in [0.4, 0.5) is 0 Å². The van der Waals surface area contributed by atoms with Crippen molar-refractivity contribution in [3.8, 4) is 0 Å². The zero-order chi connectivity index (χ0) is 12.8. The predicted octanol–water partition coefficient (Wildman–Crippen LogP) is 0.712. The third-order valence-corrected chi connectivity index (χ3v) is 4.06. The Kier molecular flexibility index (Phi) is 4.97. The largest absolute Gasteiger partial charge is 0.465 e. The molecule has 0 aromatic carbocycles. The number of carbonyl (C=O) groups is 1. The second-order valence-electron chi connectivity index (χ2n) is 5.25. The van der Waals surface area contributed by atoms with Crippen LogP contribution in [0.2, 0.25) is 0 Å². The summed E-state index contributed by atoms with van der Waals surface area (Å²) in [5, 5.41) is 0. The van der Waals surface area contributed by atoms with Gasteiger partial charge >= 0.3 is 5.97 Å². The Hall–Kier alpha value is -0.650. The molecule has 0 aromatic rings. The van der Waals surface area contributed by atoms with Gasteiger partial charge in [0.15, 0.2) is 0 Å². The molecule has 5 heteroatoms. The van der Waals surface area contributed by atoms with E-state index in [4.69, 9.17) is 19.9 Å². The van der Waals surface area contributed by atoms with Crippen LogP contribution >= 0.6 is 0 Å². The van der Waals surface area contributed by atoms with Crippen molar-refractivity contribution in [1.82, 2.24) is 0 Å². The van der Waals surface area contributed by atoms with E-state index in [9.17, 15) is 4.79 Å². The van der Waals surface area contributed by atoms with E-state index >= 15 is 0 Å². The molecule has 0 unspecified atom stereocenters. The van der Waals surface area contributed by atoms with E-state index in [-0.39, 0.29) is 5.97 Å². The fourth-order valence-electron chi connectivity index (χ4n) is 2.51. The molecule has 104 valence electrons. The summed E-state index contributed by atoms with van der Waals surface area (Å²) in [6.45, 7) is 3.61. The summed E-state index contributed by atoms with van der Waals surface area (Å²) in [7, 11) is 0. The van der Waals surface area contributed by atoms with Crippen LogP contribution in [0.1, 0.15) is 25.7 Å². The van der Waals surface area contributed by atoms with Gasteiger partial charge in [0.05, 0.1) is 12.0 Å². The van der Waals surface area contributed by atoms with Crippen LogP contribution in [0.15, 0.2) is 0 Å². The van der Waals surface area contributed by atoms with Gasteiger partial charge in [0.2, 0.25) is 0 Å². The number of hydrogen-bond donors (Lipinski definition) is 1. The van der Waals surface area contributed by atoms with Crippen LogP contribution < -0.4 is 5.73 Å². The summed E-state index contributed by atoms with van der Waals surface area (Å²) < 4.78 is 16.1. The highest BCUT2D eigenvalue weighted by atomic mass is 16.5. The molecule has 0 bridgehead atoms. The number of ether oxygens (including phenoxy) is 3. The Bertz CT molecular complexity index is 270. The van der Waals surface area contributed by atoms with Gasteiger partial charge in [-0.1, -0.05) is 0 Å². The van der Waals surface area contributed by atoms with Gasteiger partial charge in [-0.25, -0.2) is 0 Å². The second-order valence-corrected chi connectivity index (χ2v) is 5.25. The van der Waals surface area contributed by atoms with E-state index in [2.05, 4.69) is 0 Å². The Labute approximate surface area is 108 Å². The van der Waals surface area contributed by atoms with E-state index in [1.54, 1.807) is 0 Å². The molecule has 0 aromatic heterocycles. The molecule has 2 rings (SSSR count). The van der Waals surface area contributed by atoms with Gasteiger partial charge in [0, 0.05) is 33.0 Å². The van der Waals surface area contributed by atoms with Crippen LogP contribution in [-0.2, 0) is 19.0 Å². The molecule has 2 fully saturated rings. The number of hydrogen-bond acceptors (Lipinski definition) is 5. The lowest BCUT2D eigenvalue weighted by molar-refractivity contribution is -0.163. The van der Waals surface area contributed by atoms with E-state index in [1.807, 2.05) is 0 Å². The quantitative estimate of drug-likeness (QED) is 0.751. The van der Waals surface area contributed by atoms with Gasteiger partial charge in [0.1, 0.15) is 0 Å². The summed E-state index contributed by atoms with van der Waals surface area (Å²) in [5.74, 6) is 0.303. The average Bonchev–Trinajstić information content (AvgIpc) is 2.46. The highest BCUT2D eigenvalue weighted by Gasteiger charge is 2.40. The van der Waals surface area contributed by atoms with Crippen LogP contribution in [0.3, 0.4) is 0 Å². The summed E-state index contributed by atoms with van der Waals surface area (Å²) in [4.78, 5) is 12.2. The molecule has 0 amide bonds. The first kappa shape index (κ1) is 13.8. The molecule has 2 heterocycles. The molecule has 2 saturated heterocycles. The van der Waals surface area contributed by atoms with Gasteiger partial charge < -0.3 is 19.9 Å². The molecule has 2 aliphatic rings. The monoisotopic (exact) mass is 257 g/mol. The van der Waals surface area contributed by atoms with E-state index in [0.29, 0.717) is 45.1 Å². The van der Waals surface area contributed by atoms with E-state index in [1.165, 1.54) is 0 Å². The molecule has 2 N–H and O–H groups in total. The maximum Gasteiger partial charge on any atom is 0.313 e.